The van der Waals surface area contributed by atoms with Crippen molar-refractivity contribution in [2.75, 3.05) is 31.4 Å². The van der Waals surface area contributed by atoms with Crippen LogP contribution in [-0.2, 0) is 14.3 Å². The normalized spacial score (nSPS) is 10.5. The van der Waals surface area contributed by atoms with Crippen LogP contribution >= 0.6 is 23.4 Å². The van der Waals surface area contributed by atoms with Gasteiger partial charge in [0.2, 0.25) is 11.8 Å². The summed E-state index contributed by atoms with van der Waals surface area (Å²) in [5, 5.41) is 8.62. The molecule has 0 aliphatic rings. The van der Waals surface area contributed by atoms with Crippen molar-refractivity contribution in [1.29, 1.82) is 0 Å². The third kappa shape index (κ3) is 5.31. The van der Waals surface area contributed by atoms with Crippen LogP contribution in [0, 0.1) is 0 Å². The first-order valence-corrected chi connectivity index (χ1v) is 10.1. The highest BCUT2D eigenvalue weighted by Gasteiger charge is 2.21. The summed E-state index contributed by atoms with van der Waals surface area (Å²) in [6.45, 7) is -0.225. The van der Waals surface area contributed by atoms with Gasteiger partial charge in [0.1, 0.15) is 12.3 Å². The molecule has 1 amide bonds. The lowest BCUT2D eigenvalue weighted by Crippen LogP contribution is -2.37. The van der Waals surface area contributed by atoms with Crippen LogP contribution in [0.1, 0.15) is 0 Å². The molecule has 3 rings (SSSR count). The number of halogens is 1. The van der Waals surface area contributed by atoms with Gasteiger partial charge in [-0.3, -0.25) is 9.59 Å². The maximum absolute atomic E-state index is 12.8. The number of carbonyl (C=O) groups is 2. The molecule has 0 N–H and O–H groups in total. The fraction of sp³-hybridized carbons (Fsp3) is 0.200. The van der Waals surface area contributed by atoms with Crippen molar-refractivity contribution in [3.05, 3.63) is 53.6 Å². The molecule has 1 aromatic heterocycles. The molecular weight excluding hydrogens is 430 g/mol. The van der Waals surface area contributed by atoms with Gasteiger partial charge in [-0.15, -0.1) is 10.2 Å². The summed E-state index contributed by atoms with van der Waals surface area (Å²) >= 11 is 7.20. The van der Waals surface area contributed by atoms with Crippen molar-refractivity contribution < 1.29 is 23.5 Å². The van der Waals surface area contributed by atoms with Crippen molar-refractivity contribution in [1.82, 2.24) is 10.2 Å². The Hall–Kier alpha value is -3.04. The van der Waals surface area contributed by atoms with Crippen molar-refractivity contribution in [2.45, 2.75) is 5.22 Å². The van der Waals surface area contributed by atoms with E-state index in [9.17, 15) is 9.59 Å². The van der Waals surface area contributed by atoms with Crippen molar-refractivity contribution >= 4 is 40.9 Å². The number of hydrogen-bond acceptors (Lipinski definition) is 8. The van der Waals surface area contributed by atoms with E-state index in [1.165, 1.54) is 12.0 Å². The van der Waals surface area contributed by atoms with Crippen molar-refractivity contribution in [2.24, 2.45) is 0 Å². The van der Waals surface area contributed by atoms with Crippen LogP contribution < -0.4 is 9.64 Å². The largest absolute Gasteiger partial charge is 0.497 e. The van der Waals surface area contributed by atoms with Crippen LogP contribution in [0.4, 0.5) is 5.69 Å². The Bertz CT molecular complexity index is 1030. The van der Waals surface area contributed by atoms with E-state index in [-0.39, 0.29) is 29.3 Å². The highest BCUT2D eigenvalue weighted by molar-refractivity contribution is 7.99. The zero-order chi connectivity index (χ0) is 21.5. The average Bonchev–Trinajstić information content (AvgIpc) is 3.25. The molecular formula is C20H18ClN3O5S. The predicted molar refractivity (Wildman–Crippen MR) is 113 cm³/mol. The summed E-state index contributed by atoms with van der Waals surface area (Å²) in [6.07, 6.45) is 0. The summed E-state index contributed by atoms with van der Waals surface area (Å²) in [6, 6.07) is 13.9. The number of aromatic nitrogens is 2. The quantitative estimate of drug-likeness (QED) is 0.381. The van der Waals surface area contributed by atoms with E-state index in [1.807, 2.05) is 0 Å². The lowest BCUT2D eigenvalue weighted by molar-refractivity contribution is -0.139. The number of ether oxygens (including phenoxy) is 2. The summed E-state index contributed by atoms with van der Waals surface area (Å²) < 4.78 is 15.4. The maximum atomic E-state index is 12.8. The Balaban J connectivity index is 1.71. The third-order valence-corrected chi connectivity index (χ3v) is 5.16. The zero-order valence-corrected chi connectivity index (χ0v) is 17.8. The second-order valence-electron chi connectivity index (χ2n) is 5.90. The third-order valence-electron chi connectivity index (χ3n) is 4.03. The highest BCUT2D eigenvalue weighted by atomic mass is 35.5. The summed E-state index contributed by atoms with van der Waals surface area (Å²) in [5.41, 5.74) is 1.14. The van der Waals surface area contributed by atoms with Crippen molar-refractivity contribution in [3.63, 3.8) is 0 Å². The van der Waals surface area contributed by atoms with Crippen LogP contribution in [-0.4, -0.2) is 48.6 Å². The van der Waals surface area contributed by atoms with Gasteiger partial charge in [0.15, 0.2) is 0 Å². The summed E-state index contributed by atoms with van der Waals surface area (Å²) in [4.78, 5) is 25.9. The molecule has 30 heavy (non-hydrogen) atoms. The number of carbonyl (C=O) groups excluding carboxylic acids is 2. The van der Waals surface area contributed by atoms with Gasteiger partial charge in [-0.2, -0.15) is 0 Å². The predicted octanol–water partition coefficient (Wildman–Crippen LogP) is 3.70. The molecule has 0 radical (unpaired) electrons. The molecule has 0 bridgehead atoms. The second-order valence-corrected chi connectivity index (χ2v) is 7.23. The molecule has 0 spiro atoms. The van der Waals surface area contributed by atoms with E-state index in [4.69, 9.17) is 25.5 Å². The highest BCUT2D eigenvalue weighted by Crippen LogP contribution is 2.29. The van der Waals surface area contributed by atoms with Gasteiger partial charge in [-0.1, -0.05) is 35.5 Å². The number of benzene rings is 2. The molecule has 0 aliphatic carbocycles. The number of esters is 1. The van der Waals surface area contributed by atoms with Gasteiger partial charge in [-0.05, 0) is 36.4 Å². The van der Waals surface area contributed by atoms with E-state index >= 15 is 0 Å². The van der Waals surface area contributed by atoms with E-state index in [2.05, 4.69) is 10.2 Å². The minimum atomic E-state index is -0.539. The topological polar surface area (TPSA) is 94.8 Å². The maximum Gasteiger partial charge on any atom is 0.325 e. The number of nitrogens with zero attached hydrogens (tertiary/aromatic N) is 3. The minimum absolute atomic E-state index is 0.0207. The number of rotatable bonds is 8. The molecule has 156 valence electrons. The number of anilines is 1. The molecule has 1 heterocycles. The molecule has 0 unspecified atom stereocenters. The lowest BCUT2D eigenvalue weighted by Gasteiger charge is -2.21. The SMILES string of the molecule is COC(=O)CN(C(=O)CSc1nnc(-c2ccccc2Cl)o1)c1ccc(OC)cc1. The standard InChI is InChI=1S/C20H18ClN3O5S/c1-27-14-9-7-13(8-10-14)24(11-18(26)28-2)17(25)12-30-20-23-22-19(29-20)15-5-3-4-6-16(15)21/h3-10H,11-12H2,1-2H3. The number of thioether (sulfide) groups is 1. The average molecular weight is 448 g/mol. The smallest absolute Gasteiger partial charge is 0.325 e. The van der Waals surface area contributed by atoms with Gasteiger partial charge in [0.05, 0.1) is 30.6 Å². The number of amides is 1. The summed E-state index contributed by atoms with van der Waals surface area (Å²) in [7, 11) is 2.81. The number of methoxy groups -OCH3 is 2. The first-order valence-electron chi connectivity index (χ1n) is 8.74. The molecule has 8 nitrogen and oxygen atoms in total. The molecule has 3 aromatic rings. The van der Waals surface area contributed by atoms with Crippen LogP contribution in [0.3, 0.4) is 0 Å². The fourth-order valence-electron chi connectivity index (χ4n) is 2.49. The van der Waals surface area contributed by atoms with E-state index in [1.54, 1.807) is 55.6 Å². The van der Waals surface area contributed by atoms with E-state index in [0.717, 1.165) is 11.8 Å². The Morgan fingerprint density at radius 1 is 1.10 bits per heavy atom. The molecule has 10 heteroatoms. The molecule has 2 aromatic carbocycles. The molecule has 0 saturated heterocycles. The monoisotopic (exact) mass is 447 g/mol. The second kappa shape index (κ2) is 10.1. The molecule has 0 atom stereocenters. The van der Waals surface area contributed by atoms with Gasteiger partial charge in [0.25, 0.3) is 5.22 Å². The first-order chi connectivity index (χ1) is 14.5. The van der Waals surface area contributed by atoms with Crippen LogP contribution in [0.15, 0.2) is 58.2 Å². The van der Waals surface area contributed by atoms with Gasteiger partial charge < -0.3 is 18.8 Å². The van der Waals surface area contributed by atoms with Gasteiger partial charge in [0, 0.05) is 5.69 Å². The van der Waals surface area contributed by atoms with E-state index in [0.29, 0.717) is 22.0 Å². The Morgan fingerprint density at radius 2 is 1.83 bits per heavy atom. The van der Waals surface area contributed by atoms with Gasteiger partial charge >= 0.3 is 5.97 Å². The summed E-state index contributed by atoms with van der Waals surface area (Å²) in [5.74, 6) is 0.0115. The minimum Gasteiger partial charge on any atom is -0.497 e. The zero-order valence-electron chi connectivity index (χ0n) is 16.2. The van der Waals surface area contributed by atoms with Crippen LogP contribution in [0.25, 0.3) is 11.5 Å². The molecule has 0 saturated carbocycles. The molecule has 0 fully saturated rings. The Kier molecular flexibility index (Phi) is 7.31. The van der Waals surface area contributed by atoms with Crippen LogP contribution in [0.2, 0.25) is 5.02 Å². The number of hydrogen-bond donors (Lipinski definition) is 0. The first kappa shape index (κ1) is 21.7. The van der Waals surface area contributed by atoms with Crippen LogP contribution in [0.5, 0.6) is 5.75 Å². The molecule has 0 aliphatic heterocycles. The van der Waals surface area contributed by atoms with Crippen molar-refractivity contribution in [3.8, 4) is 17.2 Å². The van der Waals surface area contributed by atoms with E-state index < -0.39 is 5.97 Å². The Labute approximate surface area is 182 Å². The lowest BCUT2D eigenvalue weighted by atomic mass is 10.2. The Morgan fingerprint density at radius 3 is 2.50 bits per heavy atom. The van der Waals surface area contributed by atoms with Gasteiger partial charge in [-0.25, -0.2) is 0 Å². The fourth-order valence-corrected chi connectivity index (χ4v) is 3.35.